The van der Waals surface area contributed by atoms with Gasteiger partial charge in [0.25, 0.3) is 0 Å². The molecule has 0 bridgehead atoms. The largest absolute Gasteiger partial charge is 0.369 e. The summed E-state index contributed by atoms with van der Waals surface area (Å²) in [5.74, 6) is -2.89. The molecule has 0 fully saturated rings. The van der Waals surface area contributed by atoms with Gasteiger partial charge in [-0.15, -0.1) is 0 Å². The Labute approximate surface area is 138 Å². The first kappa shape index (κ1) is 15.6. The maximum absolute atomic E-state index is 13.7. The van der Waals surface area contributed by atoms with Crippen molar-refractivity contribution in [3.8, 4) is 0 Å². The first-order valence-corrected chi connectivity index (χ1v) is 7.05. The fourth-order valence-electron chi connectivity index (χ4n) is 2.07. The van der Waals surface area contributed by atoms with Crippen LogP contribution in [0.3, 0.4) is 0 Å². The summed E-state index contributed by atoms with van der Waals surface area (Å²) < 4.78 is 40.6. The number of hydrogen-bond donors (Lipinski definition) is 3. The first-order valence-electron chi connectivity index (χ1n) is 6.26. The first-order chi connectivity index (χ1) is 10.9. The van der Waals surface area contributed by atoms with Crippen molar-refractivity contribution < 1.29 is 13.2 Å². The Kier molecular flexibility index (Phi) is 3.87. The summed E-state index contributed by atoms with van der Waals surface area (Å²) in [6, 6.07) is 4.81. The van der Waals surface area contributed by atoms with Gasteiger partial charge in [0.1, 0.15) is 16.3 Å². The Balaban J connectivity index is 2.04. The monoisotopic (exact) mass is 356 g/mol. The minimum absolute atomic E-state index is 0.0697. The van der Waals surface area contributed by atoms with Gasteiger partial charge in [0.15, 0.2) is 17.6 Å². The van der Waals surface area contributed by atoms with Crippen LogP contribution in [0.4, 0.5) is 24.8 Å². The molecule has 0 saturated carbocycles. The second-order valence-electron chi connectivity index (χ2n) is 4.65. The van der Waals surface area contributed by atoms with Crippen LogP contribution >= 0.6 is 23.8 Å². The maximum atomic E-state index is 13.7. The van der Waals surface area contributed by atoms with Gasteiger partial charge in [-0.1, -0.05) is 23.8 Å². The van der Waals surface area contributed by atoms with Crippen LogP contribution in [0.1, 0.15) is 5.56 Å². The zero-order valence-electron chi connectivity index (χ0n) is 11.3. The number of H-pyrrole nitrogens is 1. The van der Waals surface area contributed by atoms with Crippen LogP contribution in [0, 0.1) is 17.5 Å². The molecule has 0 atom stereocenters. The third-order valence-corrected chi connectivity index (χ3v) is 3.71. The average molecular weight is 357 g/mol. The summed E-state index contributed by atoms with van der Waals surface area (Å²) in [5.41, 5.74) is 5.96. The normalized spacial score (nSPS) is 11.0. The van der Waals surface area contributed by atoms with Crippen LogP contribution in [0.15, 0.2) is 24.3 Å². The second kappa shape index (κ2) is 5.71. The van der Waals surface area contributed by atoms with Crippen molar-refractivity contribution in [2.45, 2.75) is 0 Å². The van der Waals surface area contributed by atoms with Gasteiger partial charge >= 0.3 is 0 Å². The zero-order valence-corrected chi connectivity index (χ0v) is 12.8. The van der Waals surface area contributed by atoms with Gasteiger partial charge in [0, 0.05) is 11.3 Å². The highest BCUT2D eigenvalue weighted by Gasteiger charge is 2.18. The van der Waals surface area contributed by atoms with Gasteiger partial charge in [0.2, 0.25) is 0 Å². The molecule has 0 amide bonds. The van der Waals surface area contributed by atoms with E-state index in [1.54, 1.807) is 0 Å². The molecule has 3 aromatic rings. The van der Waals surface area contributed by atoms with Gasteiger partial charge in [-0.05, 0) is 24.3 Å². The molecule has 1 aromatic heterocycles. The van der Waals surface area contributed by atoms with E-state index in [1.165, 1.54) is 12.1 Å². The number of rotatable bonds is 2. The minimum atomic E-state index is -1.12. The van der Waals surface area contributed by atoms with Crippen molar-refractivity contribution in [2.75, 3.05) is 11.1 Å². The molecule has 23 heavy (non-hydrogen) atoms. The van der Waals surface area contributed by atoms with E-state index in [0.29, 0.717) is 5.69 Å². The molecule has 0 saturated heterocycles. The molecule has 0 aliphatic heterocycles. The number of fused-ring (bicyclic) bond motifs is 1. The topological polar surface area (TPSA) is 66.7 Å². The second-order valence-corrected chi connectivity index (χ2v) is 5.46. The Morgan fingerprint density at radius 2 is 1.96 bits per heavy atom. The molecule has 0 unspecified atom stereocenters. The number of imidazole rings is 1. The summed E-state index contributed by atoms with van der Waals surface area (Å²) in [7, 11) is 0. The van der Waals surface area contributed by atoms with Gasteiger partial charge in [0.05, 0.1) is 10.5 Å². The van der Waals surface area contributed by atoms with Gasteiger partial charge in [-0.3, -0.25) is 0 Å². The number of anilines is 2. The molecule has 0 radical (unpaired) electrons. The van der Waals surface area contributed by atoms with E-state index in [9.17, 15) is 13.2 Å². The van der Waals surface area contributed by atoms with Gasteiger partial charge < -0.3 is 16.0 Å². The van der Waals surface area contributed by atoms with Crippen molar-refractivity contribution in [1.29, 1.82) is 0 Å². The summed E-state index contributed by atoms with van der Waals surface area (Å²) in [5, 5.41) is 2.68. The number of nitrogens with zero attached hydrogens (tertiary/aromatic N) is 1. The van der Waals surface area contributed by atoms with Crippen LogP contribution < -0.4 is 11.1 Å². The van der Waals surface area contributed by atoms with Crippen molar-refractivity contribution in [1.82, 2.24) is 9.97 Å². The highest BCUT2D eigenvalue weighted by atomic mass is 35.5. The summed E-state index contributed by atoms with van der Waals surface area (Å²) in [6.07, 6.45) is 0. The molecule has 0 spiro atoms. The Morgan fingerprint density at radius 3 is 2.65 bits per heavy atom. The lowest BCUT2D eigenvalue weighted by Crippen LogP contribution is -2.12. The van der Waals surface area contributed by atoms with E-state index in [4.69, 9.17) is 29.6 Å². The number of thiocarbonyl (C=S) groups is 1. The molecular formula is C14H8ClF3N4S. The fourth-order valence-corrected chi connectivity index (χ4v) is 2.53. The fraction of sp³-hybridized carbons (Fsp3) is 0. The van der Waals surface area contributed by atoms with Crippen LogP contribution in [0.25, 0.3) is 11.0 Å². The molecule has 2 aromatic carbocycles. The maximum Gasteiger partial charge on any atom is 0.198 e. The Bertz CT molecular complexity index is 941. The highest BCUT2D eigenvalue weighted by Crippen LogP contribution is 2.26. The number of halogens is 4. The molecule has 0 aliphatic rings. The van der Waals surface area contributed by atoms with E-state index < -0.39 is 17.5 Å². The number of benzene rings is 2. The van der Waals surface area contributed by atoms with E-state index in [2.05, 4.69) is 15.3 Å². The Hall–Kier alpha value is -2.32. The van der Waals surface area contributed by atoms with Crippen LogP contribution in [0.2, 0.25) is 5.02 Å². The lowest BCUT2D eigenvalue weighted by molar-refractivity contribution is 0.515. The lowest BCUT2D eigenvalue weighted by Gasteiger charge is -2.10. The third kappa shape index (κ3) is 2.82. The summed E-state index contributed by atoms with van der Waals surface area (Å²) >= 11 is 10.9. The molecule has 118 valence electrons. The van der Waals surface area contributed by atoms with E-state index >= 15 is 0 Å². The lowest BCUT2D eigenvalue weighted by atomic mass is 10.1. The standard InChI is InChI=1S/C14H8ClF3N4S/c15-7-3-5(1-2-8(7)16)20-13(23)6-4-9(17)10(18)12-11(6)21-14(19)22-12/h1-4H,(H,20,23)(H3,19,21,22). The van der Waals surface area contributed by atoms with E-state index in [1.807, 2.05) is 0 Å². The number of nitrogens with one attached hydrogen (secondary N) is 2. The minimum Gasteiger partial charge on any atom is -0.369 e. The van der Waals surface area contributed by atoms with Crippen molar-refractivity contribution in [2.24, 2.45) is 0 Å². The van der Waals surface area contributed by atoms with Gasteiger partial charge in [-0.2, -0.15) is 0 Å². The number of nitrogen functional groups attached to an aromatic ring is 1. The van der Waals surface area contributed by atoms with Crippen LogP contribution in [-0.2, 0) is 0 Å². The van der Waals surface area contributed by atoms with Crippen molar-refractivity contribution >= 4 is 51.5 Å². The highest BCUT2D eigenvalue weighted by molar-refractivity contribution is 7.81. The number of hydrogen-bond acceptors (Lipinski definition) is 3. The SMILES string of the molecule is Nc1nc2c(F)c(F)cc(C(=S)Nc3ccc(F)c(Cl)c3)c2[nH]1. The zero-order chi connectivity index (χ0) is 16.7. The van der Waals surface area contributed by atoms with E-state index in [-0.39, 0.29) is 32.6 Å². The van der Waals surface area contributed by atoms with Crippen LogP contribution in [-0.4, -0.2) is 15.0 Å². The molecular weight excluding hydrogens is 349 g/mol. The summed E-state index contributed by atoms with van der Waals surface area (Å²) in [4.78, 5) is 6.40. The number of aromatic nitrogens is 2. The van der Waals surface area contributed by atoms with E-state index in [0.717, 1.165) is 12.1 Å². The molecule has 3 rings (SSSR count). The third-order valence-electron chi connectivity index (χ3n) is 3.10. The number of nitrogens with two attached hydrogens (primary N) is 1. The molecule has 1 heterocycles. The van der Waals surface area contributed by atoms with Crippen molar-refractivity contribution in [3.63, 3.8) is 0 Å². The molecule has 4 N–H and O–H groups in total. The summed E-state index contributed by atoms with van der Waals surface area (Å²) in [6.45, 7) is 0. The smallest absolute Gasteiger partial charge is 0.198 e. The Morgan fingerprint density at radius 1 is 1.22 bits per heavy atom. The number of aromatic amines is 1. The van der Waals surface area contributed by atoms with Gasteiger partial charge in [-0.25, -0.2) is 18.2 Å². The quantitative estimate of drug-likeness (QED) is 0.607. The molecule has 0 aliphatic carbocycles. The molecule has 9 heteroatoms. The predicted octanol–water partition coefficient (Wildman–Crippen LogP) is 4.00. The van der Waals surface area contributed by atoms with Crippen LogP contribution in [0.5, 0.6) is 0 Å². The predicted molar refractivity (Wildman–Crippen MR) is 87.2 cm³/mol. The average Bonchev–Trinajstić information content (AvgIpc) is 2.88. The molecule has 4 nitrogen and oxygen atoms in total. The van der Waals surface area contributed by atoms with Crippen molar-refractivity contribution in [3.05, 3.63) is 52.3 Å².